The number of amides is 4. The van der Waals surface area contributed by atoms with Gasteiger partial charge in [0.05, 0.1) is 6.04 Å². The second-order valence-electron chi connectivity index (χ2n) is 7.27. The Hall–Kier alpha value is -1.99. The molecule has 11 nitrogen and oxygen atoms in total. The Morgan fingerprint density at radius 2 is 1.55 bits per heavy atom. The van der Waals surface area contributed by atoms with E-state index in [9.17, 15) is 24.0 Å². The number of aliphatic carboxylic acids is 1. The van der Waals surface area contributed by atoms with Crippen LogP contribution < -0.4 is 27.4 Å². The van der Waals surface area contributed by atoms with Gasteiger partial charge in [-0.15, -0.1) is 0 Å². The molecule has 0 aliphatic rings. The number of rotatable bonds is 15. The Bertz CT molecular complexity index is 649. The number of nitrogens with one attached hydrogen (secondary N) is 3. The molecule has 4 unspecified atom stereocenters. The maximum Gasteiger partial charge on any atom is 0.327 e. The number of thiol groups is 1. The highest BCUT2D eigenvalue weighted by Gasteiger charge is 2.31. The van der Waals surface area contributed by atoms with Crippen molar-refractivity contribution < 1.29 is 29.1 Å². The van der Waals surface area contributed by atoms with Crippen LogP contribution in [-0.4, -0.2) is 76.6 Å². The normalized spacial score (nSPS) is 14.8. The van der Waals surface area contributed by atoms with Gasteiger partial charge in [-0.2, -0.15) is 24.4 Å². The van der Waals surface area contributed by atoms with E-state index in [4.69, 9.17) is 16.6 Å². The summed E-state index contributed by atoms with van der Waals surface area (Å²) in [5.41, 5.74) is 11.0. The number of carboxylic acid groups (broad SMARTS) is 1. The molecule has 0 spiro atoms. The first kappa shape index (κ1) is 29.0. The molecule has 4 amide bonds. The van der Waals surface area contributed by atoms with E-state index in [2.05, 4.69) is 28.6 Å². The van der Waals surface area contributed by atoms with Crippen molar-refractivity contribution in [3.63, 3.8) is 0 Å². The van der Waals surface area contributed by atoms with E-state index in [1.807, 2.05) is 6.26 Å². The van der Waals surface area contributed by atoms with Crippen LogP contribution in [0.3, 0.4) is 0 Å². The first-order valence-electron chi connectivity index (χ1n) is 9.72. The molecule has 0 rings (SSSR count). The van der Waals surface area contributed by atoms with E-state index >= 15 is 0 Å². The molecule has 8 N–H and O–H groups in total. The SMILES string of the molecule is CSCCC(N)C(=O)NC(CCC(N)=O)C(=O)NC(C(=O)NC(CS)C(=O)O)C(C)C. The van der Waals surface area contributed by atoms with Gasteiger partial charge < -0.3 is 32.5 Å². The zero-order valence-corrected chi connectivity index (χ0v) is 19.6. The van der Waals surface area contributed by atoms with E-state index in [0.717, 1.165) is 0 Å². The van der Waals surface area contributed by atoms with Gasteiger partial charge in [0.2, 0.25) is 23.6 Å². The van der Waals surface area contributed by atoms with Crippen molar-refractivity contribution in [1.29, 1.82) is 0 Å². The van der Waals surface area contributed by atoms with Crippen LogP contribution >= 0.6 is 24.4 Å². The number of carbonyl (C=O) groups is 5. The van der Waals surface area contributed by atoms with Crippen molar-refractivity contribution in [1.82, 2.24) is 16.0 Å². The number of thioether (sulfide) groups is 1. The maximum absolute atomic E-state index is 12.8. The summed E-state index contributed by atoms with van der Waals surface area (Å²) in [7, 11) is 0. The number of carboxylic acids is 1. The highest BCUT2D eigenvalue weighted by atomic mass is 32.2. The summed E-state index contributed by atoms with van der Waals surface area (Å²) >= 11 is 5.41. The highest BCUT2D eigenvalue weighted by molar-refractivity contribution is 7.98. The summed E-state index contributed by atoms with van der Waals surface area (Å²) in [6, 6.07) is -4.29. The third-order valence-electron chi connectivity index (χ3n) is 4.33. The van der Waals surface area contributed by atoms with Gasteiger partial charge in [0, 0.05) is 12.2 Å². The minimum Gasteiger partial charge on any atom is -0.480 e. The topological polar surface area (TPSA) is 194 Å². The predicted octanol–water partition coefficient (Wildman–Crippen LogP) is -1.54. The van der Waals surface area contributed by atoms with Crippen molar-refractivity contribution in [3.05, 3.63) is 0 Å². The number of hydrogen-bond donors (Lipinski definition) is 7. The highest BCUT2D eigenvalue weighted by Crippen LogP contribution is 2.07. The summed E-state index contributed by atoms with van der Waals surface area (Å²) in [6.07, 6.45) is 2.02. The van der Waals surface area contributed by atoms with Crippen molar-refractivity contribution in [2.75, 3.05) is 17.8 Å². The lowest BCUT2D eigenvalue weighted by Crippen LogP contribution is -2.58. The van der Waals surface area contributed by atoms with E-state index in [1.54, 1.807) is 13.8 Å². The van der Waals surface area contributed by atoms with Crippen molar-refractivity contribution >= 4 is 54.0 Å². The van der Waals surface area contributed by atoms with Crippen LogP contribution in [-0.2, 0) is 24.0 Å². The summed E-state index contributed by atoms with van der Waals surface area (Å²) < 4.78 is 0. The standard InChI is InChI=1S/C18H33N5O6S2/c1-9(2)14(17(27)22-12(8-30)18(28)29)23-16(26)11(4-5-13(20)24)21-15(25)10(19)6-7-31-3/h9-12,14,30H,4-8,19H2,1-3H3,(H2,20,24)(H,21,25)(H,22,27)(H,23,26)(H,28,29). The van der Waals surface area contributed by atoms with Crippen LogP contribution in [0.4, 0.5) is 0 Å². The molecule has 0 fully saturated rings. The summed E-state index contributed by atoms with van der Waals surface area (Å²) in [4.78, 5) is 60.0. The Morgan fingerprint density at radius 3 is 2.00 bits per heavy atom. The lowest BCUT2D eigenvalue weighted by molar-refractivity contribution is -0.142. The fourth-order valence-corrected chi connectivity index (χ4v) is 3.18. The van der Waals surface area contributed by atoms with E-state index in [0.29, 0.717) is 12.2 Å². The summed E-state index contributed by atoms with van der Waals surface area (Å²) in [5.74, 6) is -3.78. The van der Waals surface area contributed by atoms with Crippen molar-refractivity contribution in [3.8, 4) is 0 Å². The van der Waals surface area contributed by atoms with Gasteiger partial charge in [-0.05, 0) is 30.8 Å². The molecule has 178 valence electrons. The Balaban J connectivity index is 5.35. The molecule has 0 aromatic carbocycles. The Morgan fingerprint density at radius 1 is 0.968 bits per heavy atom. The molecule has 0 aromatic heterocycles. The molecule has 4 atom stereocenters. The number of carbonyl (C=O) groups excluding carboxylic acids is 4. The number of primary amides is 1. The predicted molar refractivity (Wildman–Crippen MR) is 122 cm³/mol. The van der Waals surface area contributed by atoms with Crippen LogP contribution in [0.2, 0.25) is 0 Å². The second-order valence-corrected chi connectivity index (χ2v) is 8.62. The Labute approximate surface area is 191 Å². The van der Waals surface area contributed by atoms with Crippen LogP contribution in [0.1, 0.15) is 33.1 Å². The second kappa shape index (κ2) is 14.9. The fourth-order valence-electron chi connectivity index (χ4n) is 2.45. The molecule has 0 aliphatic carbocycles. The van der Waals surface area contributed by atoms with Gasteiger partial charge in [0.25, 0.3) is 0 Å². The smallest absolute Gasteiger partial charge is 0.327 e. The first-order valence-corrected chi connectivity index (χ1v) is 11.7. The molecular formula is C18H33N5O6S2. The number of hydrogen-bond acceptors (Lipinski definition) is 8. The van der Waals surface area contributed by atoms with Crippen LogP contribution in [0.15, 0.2) is 0 Å². The van der Waals surface area contributed by atoms with Gasteiger partial charge in [0.15, 0.2) is 0 Å². The fraction of sp³-hybridized carbons (Fsp3) is 0.722. The molecule has 0 saturated heterocycles. The van der Waals surface area contributed by atoms with Gasteiger partial charge in [-0.3, -0.25) is 19.2 Å². The average Bonchev–Trinajstić information content (AvgIpc) is 2.69. The quantitative estimate of drug-likeness (QED) is 0.137. The van der Waals surface area contributed by atoms with Crippen molar-refractivity contribution in [2.45, 2.75) is 57.3 Å². The average molecular weight is 480 g/mol. The molecular weight excluding hydrogens is 446 g/mol. The number of nitrogens with two attached hydrogens (primary N) is 2. The molecule has 0 aliphatic heterocycles. The Kier molecular flexibility index (Phi) is 14.0. The van der Waals surface area contributed by atoms with Gasteiger partial charge in [-0.1, -0.05) is 13.8 Å². The summed E-state index contributed by atoms with van der Waals surface area (Å²) in [6.45, 7) is 3.33. The molecule has 0 heterocycles. The van der Waals surface area contributed by atoms with Gasteiger partial charge >= 0.3 is 5.97 Å². The van der Waals surface area contributed by atoms with E-state index in [-0.39, 0.29) is 18.6 Å². The van der Waals surface area contributed by atoms with Gasteiger partial charge in [-0.25, -0.2) is 4.79 Å². The minimum absolute atomic E-state index is 0.0804. The monoisotopic (exact) mass is 479 g/mol. The molecule has 31 heavy (non-hydrogen) atoms. The largest absolute Gasteiger partial charge is 0.480 e. The zero-order chi connectivity index (χ0) is 24.1. The first-order chi connectivity index (χ1) is 14.4. The van der Waals surface area contributed by atoms with Crippen molar-refractivity contribution in [2.24, 2.45) is 17.4 Å². The lowest BCUT2D eigenvalue weighted by Gasteiger charge is -2.26. The van der Waals surface area contributed by atoms with Gasteiger partial charge in [0.1, 0.15) is 18.1 Å². The molecule has 0 aromatic rings. The third kappa shape index (κ3) is 11.3. The van der Waals surface area contributed by atoms with E-state index in [1.165, 1.54) is 11.8 Å². The summed E-state index contributed by atoms with van der Waals surface area (Å²) in [5, 5.41) is 16.4. The zero-order valence-electron chi connectivity index (χ0n) is 17.9. The molecule has 0 radical (unpaired) electrons. The lowest BCUT2D eigenvalue weighted by atomic mass is 10.0. The van der Waals surface area contributed by atoms with E-state index < -0.39 is 59.7 Å². The maximum atomic E-state index is 12.8. The molecule has 0 bridgehead atoms. The van der Waals surface area contributed by atoms with Crippen LogP contribution in [0.25, 0.3) is 0 Å². The minimum atomic E-state index is -1.26. The third-order valence-corrected chi connectivity index (χ3v) is 5.34. The molecule has 0 saturated carbocycles. The van der Waals surface area contributed by atoms with Crippen LogP contribution in [0, 0.1) is 5.92 Å². The van der Waals surface area contributed by atoms with Crippen LogP contribution in [0.5, 0.6) is 0 Å². The molecule has 13 heteroatoms.